The molecule has 0 heterocycles. The highest BCUT2D eigenvalue weighted by Gasteiger charge is 2.05. The third-order valence-corrected chi connectivity index (χ3v) is 6.68. The van der Waals surface area contributed by atoms with Crippen molar-refractivity contribution in [1.29, 1.82) is 0 Å². The van der Waals surface area contributed by atoms with Crippen LogP contribution in [0.15, 0.2) is 12.2 Å². The molecule has 0 fully saturated rings. The molecule has 0 aliphatic carbocycles. The molecule has 0 aromatic rings. The second-order valence-corrected chi connectivity index (χ2v) is 10.4. The summed E-state index contributed by atoms with van der Waals surface area (Å²) in [4.78, 5) is 5.06. The van der Waals surface area contributed by atoms with Crippen LogP contribution >= 0.6 is 0 Å². The molecule has 2 heteroatoms. The molecule has 0 N–H and O–H groups in total. The second-order valence-electron chi connectivity index (χ2n) is 10.4. The van der Waals surface area contributed by atoms with Crippen molar-refractivity contribution in [2.75, 3.05) is 40.3 Å². The number of nitrogens with zero attached hydrogens (tertiary/aromatic N) is 2. The fourth-order valence-corrected chi connectivity index (χ4v) is 4.38. The van der Waals surface area contributed by atoms with Gasteiger partial charge < -0.3 is 9.80 Å². The Kier molecular flexibility index (Phi) is 26.6. The number of hydrogen-bond acceptors (Lipinski definition) is 2. The number of unbranched alkanes of at least 4 members (excludes halogenated alkanes) is 17. The van der Waals surface area contributed by atoms with Gasteiger partial charge in [0.05, 0.1) is 0 Å². The van der Waals surface area contributed by atoms with Crippen molar-refractivity contribution in [3.63, 3.8) is 0 Å². The van der Waals surface area contributed by atoms with Crippen LogP contribution in [0.2, 0.25) is 0 Å². The molecule has 0 aliphatic heterocycles. The Morgan fingerprint density at radius 2 is 0.781 bits per heavy atom. The average molecular weight is 451 g/mol. The Balaban J connectivity index is 3.57. The van der Waals surface area contributed by atoms with Crippen LogP contribution < -0.4 is 0 Å². The highest BCUT2D eigenvalue weighted by molar-refractivity contribution is 4.81. The summed E-state index contributed by atoms with van der Waals surface area (Å²) in [5.41, 5.74) is 0. The van der Waals surface area contributed by atoms with Gasteiger partial charge in [-0.05, 0) is 65.7 Å². The minimum absolute atomic E-state index is 1.20. The zero-order chi connectivity index (χ0) is 23.5. The van der Waals surface area contributed by atoms with Crippen LogP contribution in [0.3, 0.4) is 0 Å². The summed E-state index contributed by atoms with van der Waals surface area (Å²) in [6, 6.07) is 0. The van der Waals surface area contributed by atoms with Gasteiger partial charge >= 0.3 is 0 Å². The highest BCUT2D eigenvalue weighted by Crippen LogP contribution is 2.11. The van der Waals surface area contributed by atoms with E-state index in [2.05, 4.69) is 49.9 Å². The zero-order valence-electron chi connectivity index (χ0n) is 23.0. The normalized spacial score (nSPS) is 12.1. The van der Waals surface area contributed by atoms with Gasteiger partial charge in [-0.3, -0.25) is 0 Å². The van der Waals surface area contributed by atoms with Gasteiger partial charge in [0.2, 0.25) is 0 Å². The van der Waals surface area contributed by atoms with Crippen LogP contribution in [0.4, 0.5) is 0 Å². The number of allylic oxidation sites excluding steroid dienone is 2. The molecule has 0 rings (SSSR count). The first-order valence-electron chi connectivity index (χ1n) is 14.7. The quantitative estimate of drug-likeness (QED) is 0.0956. The summed E-state index contributed by atoms with van der Waals surface area (Å²) in [6.45, 7) is 9.66. The Labute approximate surface area is 204 Å². The minimum atomic E-state index is 1.20. The summed E-state index contributed by atoms with van der Waals surface area (Å²) in [5, 5.41) is 0. The van der Waals surface area contributed by atoms with E-state index in [0.717, 1.165) is 0 Å². The summed E-state index contributed by atoms with van der Waals surface area (Å²) < 4.78 is 0. The first-order valence-corrected chi connectivity index (χ1v) is 14.7. The molecule has 0 unspecified atom stereocenters. The lowest BCUT2D eigenvalue weighted by Crippen LogP contribution is -2.33. The number of likely N-dealkylation sites (N-methyl/N-ethyl adjacent to an activating group) is 1. The Bertz CT molecular complexity index is 364. The predicted octanol–water partition coefficient (Wildman–Crippen LogP) is 9.25. The van der Waals surface area contributed by atoms with Gasteiger partial charge in [-0.15, -0.1) is 0 Å². The summed E-state index contributed by atoms with van der Waals surface area (Å²) in [6.07, 6.45) is 32.9. The molecule has 0 aromatic heterocycles. The molecular formula is C30H62N2. The fourth-order valence-electron chi connectivity index (χ4n) is 4.38. The van der Waals surface area contributed by atoms with Crippen LogP contribution in [-0.2, 0) is 0 Å². The lowest BCUT2D eigenvalue weighted by atomic mass is 10.1. The average Bonchev–Trinajstić information content (AvgIpc) is 2.78. The first-order chi connectivity index (χ1) is 15.7. The summed E-state index contributed by atoms with van der Waals surface area (Å²) >= 11 is 0. The van der Waals surface area contributed by atoms with Crippen molar-refractivity contribution in [3.8, 4) is 0 Å². The molecule has 32 heavy (non-hydrogen) atoms. The van der Waals surface area contributed by atoms with Crippen LogP contribution in [0.1, 0.15) is 142 Å². The standard InChI is InChI=1S/C30H62N2/c1-5-7-9-11-13-14-15-16-17-18-19-20-21-22-24-26-28-32(30-29-31(3)4)27-25-23-12-10-8-6-2/h16-17H,5-15,18-30H2,1-4H3/b17-16+. The van der Waals surface area contributed by atoms with Crippen LogP contribution in [0, 0.1) is 0 Å². The molecular weight excluding hydrogens is 388 g/mol. The van der Waals surface area contributed by atoms with E-state index in [9.17, 15) is 0 Å². The first kappa shape index (κ1) is 31.7. The Morgan fingerprint density at radius 3 is 1.19 bits per heavy atom. The lowest BCUT2D eigenvalue weighted by molar-refractivity contribution is 0.231. The molecule has 0 bridgehead atoms. The van der Waals surface area contributed by atoms with E-state index in [1.54, 1.807) is 0 Å². The van der Waals surface area contributed by atoms with Crippen molar-refractivity contribution in [3.05, 3.63) is 12.2 Å². The van der Waals surface area contributed by atoms with E-state index in [4.69, 9.17) is 0 Å². The van der Waals surface area contributed by atoms with Crippen molar-refractivity contribution < 1.29 is 0 Å². The molecule has 2 nitrogen and oxygen atoms in total. The van der Waals surface area contributed by atoms with E-state index in [1.165, 1.54) is 155 Å². The molecule has 192 valence electrons. The second kappa shape index (κ2) is 26.9. The molecule has 0 atom stereocenters. The van der Waals surface area contributed by atoms with E-state index < -0.39 is 0 Å². The molecule has 0 amide bonds. The van der Waals surface area contributed by atoms with Gasteiger partial charge in [-0.1, -0.05) is 116 Å². The monoisotopic (exact) mass is 450 g/mol. The molecule has 0 aromatic carbocycles. The van der Waals surface area contributed by atoms with Gasteiger partial charge in [0.1, 0.15) is 0 Å². The number of rotatable bonds is 26. The van der Waals surface area contributed by atoms with Crippen LogP contribution in [0.5, 0.6) is 0 Å². The van der Waals surface area contributed by atoms with Crippen molar-refractivity contribution in [2.24, 2.45) is 0 Å². The van der Waals surface area contributed by atoms with E-state index >= 15 is 0 Å². The Hall–Kier alpha value is -0.340. The summed E-state index contributed by atoms with van der Waals surface area (Å²) in [5.74, 6) is 0. The third-order valence-electron chi connectivity index (χ3n) is 6.68. The van der Waals surface area contributed by atoms with Gasteiger partial charge in [0.15, 0.2) is 0 Å². The SMILES string of the molecule is CCCCCCCC/C=C/CCCCCCCCN(CCCCCCCC)CCN(C)C. The summed E-state index contributed by atoms with van der Waals surface area (Å²) in [7, 11) is 4.40. The van der Waals surface area contributed by atoms with E-state index in [1.807, 2.05) is 0 Å². The Morgan fingerprint density at radius 1 is 0.406 bits per heavy atom. The molecule has 0 saturated heterocycles. The van der Waals surface area contributed by atoms with Gasteiger partial charge in [0, 0.05) is 13.1 Å². The van der Waals surface area contributed by atoms with E-state index in [-0.39, 0.29) is 0 Å². The highest BCUT2D eigenvalue weighted by atomic mass is 15.2. The van der Waals surface area contributed by atoms with Crippen LogP contribution in [0.25, 0.3) is 0 Å². The maximum Gasteiger partial charge on any atom is 0.0109 e. The maximum absolute atomic E-state index is 2.73. The lowest BCUT2D eigenvalue weighted by Gasteiger charge is -2.24. The van der Waals surface area contributed by atoms with Gasteiger partial charge in [-0.2, -0.15) is 0 Å². The van der Waals surface area contributed by atoms with Crippen molar-refractivity contribution in [2.45, 2.75) is 142 Å². The fraction of sp³-hybridized carbons (Fsp3) is 0.933. The van der Waals surface area contributed by atoms with Gasteiger partial charge in [-0.25, -0.2) is 0 Å². The zero-order valence-corrected chi connectivity index (χ0v) is 23.0. The van der Waals surface area contributed by atoms with Gasteiger partial charge in [0.25, 0.3) is 0 Å². The smallest absolute Gasteiger partial charge is 0.0109 e. The molecule has 0 saturated carbocycles. The number of hydrogen-bond donors (Lipinski definition) is 0. The molecule has 0 radical (unpaired) electrons. The molecule has 0 spiro atoms. The van der Waals surface area contributed by atoms with Crippen molar-refractivity contribution in [1.82, 2.24) is 9.80 Å². The van der Waals surface area contributed by atoms with Crippen LogP contribution in [-0.4, -0.2) is 50.1 Å². The topological polar surface area (TPSA) is 6.48 Å². The predicted molar refractivity (Wildman–Crippen MR) is 148 cm³/mol. The molecule has 0 aliphatic rings. The third kappa shape index (κ3) is 25.9. The van der Waals surface area contributed by atoms with E-state index in [0.29, 0.717) is 0 Å². The van der Waals surface area contributed by atoms with Crippen molar-refractivity contribution >= 4 is 0 Å². The maximum atomic E-state index is 2.73. The largest absolute Gasteiger partial charge is 0.308 e. The minimum Gasteiger partial charge on any atom is -0.308 e.